The SMILES string of the molecule is CC(C)CN1CCN(CC(O)CC2CCCC2)CC1. The maximum atomic E-state index is 10.2. The molecule has 2 fully saturated rings. The van der Waals surface area contributed by atoms with Gasteiger partial charge in [0.1, 0.15) is 0 Å². The van der Waals surface area contributed by atoms with E-state index in [1.165, 1.54) is 45.3 Å². The van der Waals surface area contributed by atoms with Crippen LogP contribution in [0.4, 0.5) is 0 Å². The molecule has 3 nitrogen and oxygen atoms in total. The van der Waals surface area contributed by atoms with E-state index in [2.05, 4.69) is 23.6 Å². The summed E-state index contributed by atoms with van der Waals surface area (Å²) in [6.07, 6.45) is 6.39. The highest BCUT2D eigenvalue weighted by molar-refractivity contribution is 4.77. The van der Waals surface area contributed by atoms with E-state index in [0.717, 1.165) is 37.9 Å². The van der Waals surface area contributed by atoms with Crippen molar-refractivity contribution in [3.8, 4) is 0 Å². The summed E-state index contributed by atoms with van der Waals surface area (Å²) in [6, 6.07) is 0. The summed E-state index contributed by atoms with van der Waals surface area (Å²) in [5.74, 6) is 1.57. The van der Waals surface area contributed by atoms with E-state index in [0.29, 0.717) is 0 Å². The van der Waals surface area contributed by atoms with Gasteiger partial charge in [-0.3, -0.25) is 4.90 Å². The predicted octanol–water partition coefficient (Wildman–Crippen LogP) is 2.20. The van der Waals surface area contributed by atoms with Crippen molar-refractivity contribution < 1.29 is 5.11 Å². The molecule has 2 rings (SSSR count). The second kappa shape index (κ2) is 7.61. The molecule has 0 aromatic rings. The fourth-order valence-electron chi connectivity index (χ4n) is 3.67. The first-order chi connectivity index (χ1) is 9.13. The van der Waals surface area contributed by atoms with Crippen molar-refractivity contribution in [2.24, 2.45) is 11.8 Å². The van der Waals surface area contributed by atoms with Crippen LogP contribution < -0.4 is 0 Å². The lowest BCUT2D eigenvalue weighted by molar-refractivity contribution is 0.0575. The van der Waals surface area contributed by atoms with Crippen LogP contribution in [-0.2, 0) is 0 Å². The lowest BCUT2D eigenvalue weighted by Crippen LogP contribution is -2.49. The molecule has 1 N–H and O–H groups in total. The van der Waals surface area contributed by atoms with Crippen molar-refractivity contribution >= 4 is 0 Å². The van der Waals surface area contributed by atoms with Crippen LogP contribution in [0, 0.1) is 11.8 Å². The Bertz CT molecular complexity index is 243. The molecule has 0 bridgehead atoms. The lowest BCUT2D eigenvalue weighted by atomic mass is 9.99. The van der Waals surface area contributed by atoms with Gasteiger partial charge in [-0.2, -0.15) is 0 Å². The maximum Gasteiger partial charge on any atom is 0.0669 e. The molecular weight excluding hydrogens is 236 g/mol. The molecule has 1 heterocycles. The summed E-state index contributed by atoms with van der Waals surface area (Å²) in [5, 5.41) is 10.2. The zero-order chi connectivity index (χ0) is 13.7. The Morgan fingerprint density at radius 3 is 2.00 bits per heavy atom. The van der Waals surface area contributed by atoms with Gasteiger partial charge in [0, 0.05) is 39.3 Å². The molecule has 0 aromatic carbocycles. The number of rotatable bonds is 6. The smallest absolute Gasteiger partial charge is 0.0669 e. The van der Waals surface area contributed by atoms with E-state index in [4.69, 9.17) is 0 Å². The molecule has 1 unspecified atom stereocenters. The lowest BCUT2D eigenvalue weighted by Gasteiger charge is -2.36. The standard InChI is InChI=1S/C16H32N2O/c1-14(2)12-17-7-9-18(10-8-17)13-16(19)11-15-5-3-4-6-15/h14-16,19H,3-13H2,1-2H3. The Kier molecular flexibility index (Phi) is 6.11. The summed E-state index contributed by atoms with van der Waals surface area (Å²) in [7, 11) is 0. The second-order valence-electron chi connectivity index (χ2n) is 7.04. The third-order valence-electron chi connectivity index (χ3n) is 4.64. The van der Waals surface area contributed by atoms with Crippen molar-refractivity contribution in [2.45, 2.75) is 52.1 Å². The summed E-state index contributed by atoms with van der Waals surface area (Å²) < 4.78 is 0. The van der Waals surface area contributed by atoms with Gasteiger partial charge in [-0.05, 0) is 18.3 Å². The predicted molar refractivity (Wildman–Crippen MR) is 80.3 cm³/mol. The molecule has 1 saturated carbocycles. The molecular formula is C16H32N2O. The van der Waals surface area contributed by atoms with E-state index in [9.17, 15) is 5.11 Å². The maximum absolute atomic E-state index is 10.2. The van der Waals surface area contributed by atoms with Gasteiger partial charge >= 0.3 is 0 Å². The number of hydrogen-bond acceptors (Lipinski definition) is 3. The summed E-state index contributed by atoms with van der Waals surface area (Å²) in [4.78, 5) is 5.01. The minimum atomic E-state index is -0.0975. The number of nitrogens with zero attached hydrogens (tertiary/aromatic N) is 2. The van der Waals surface area contributed by atoms with Crippen LogP contribution in [0.1, 0.15) is 46.0 Å². The van der Waals surface area contributed by atoms with Gasteiger partial charge in [0.25, 0.3) is 0 Å². The number of β-amino-alcohol motifs (C(OH)–C–C–N with tert-alkyl or cyclic N) is 1. The molecule has 1 saturated heterocycles. The van der Waals surface area contributed by atoms with Gasteiger partial charge < -0.3 is 10.0 Å². The van der Waals surface area contributed by atoms with Gasteiger partial charge in [0.15, 0.2) is 0 Å². The Morgan fingerprint density at radius 2 is 1.47 bits per heavy atom. The van der Waals surface area contributed by atoms with Crippen LogP contribution in [0.3, 0.4) is 0 Å². The highest BCUT2D eigenvalue weighted by Gasteiger charge is 2.23. The van der Waals surface area contributed by atoms with E-state index in [1.807, 2.05) is 0 Å². The zero-order valence-electron chi connectivity index (χ0n) is 12.9. The first kappa shape index (κ1) is 15.3. The normalized spacial score (nSPS) is 25.3. The van der Waals surface area contributed by atoms with Crippen molar-refractivity contribution in [3.05, 3.63) is 0 Å². The largest absolute Gasteiger partial charge is 0.392 e. The van der Waals surface area contributed by atoms with Crippen LogP contribution in [0.25, 0.3) is 0 Å². The molecule has 1 atom stereocenters. The van der Waals surface area contributed by atoms with Crippen molar-refractivity contribution in [1.82, 2.24) is 9.80 Å². The van der Waals surface area contributed by atoms with Gasteiger partial charge in [-0.1, -0.05) is 39.5 Å². The number of hydrogen-bond donors (Lipinski definition) is 1. The van der Waals surface area contributed by atoms with Gasteiger partial charge in [-0.25, -0.2) is 0 Å². The average molecular weight is 268 g/mol. The number of aliphatic hydroxyl groups excluding tert-OH is 1. The number of aliphatic hydroxyl groups is 1. The van der Waals surface area contributed by atoms with Crippen molar-refractivity contribution in [3.63, 3.8) is 0 Å². The fraction of sp³-hybridized carbons (Fsp3) is 1.00. The molecule has 0 aromatic heterocycles. The van der Waals surface area contributed by atoms with Crippen LogP contribution in [0.5, 0.6) is 0 Å². The Morgan fingerprint density at radius 1 is 0.947 bits per heavy atom. The Balaban J connectivity index is 1.61. The molecule has 112 valence electrons. The van der Waals surface area contributed by atoms with E-state index < -0.39 is 0 Å². The van der Waals surface area contributed by atoms with Crippen molar-refractivity contribution in [2.75, 3.05) is 39.3 Å². The zero-order valence-corrected chi connectivity index (χ0v) is 12.9. The van der Waals surface area contributed by atoms with E-state index >= 15 is 0 Å². The highest BCUT2D eigenvalue weighted by Crippen LogP contribution is 2.28. The quantitative estimate of drug-likeness (QED) is 0.800. The minimum Gasteiger partial charge on any atom is -0.392 e. The molecule has 0 amide bonds. The Labute approximate surface area is 119 Å². The molecule has 0 radical (unpaired) electrons. The monoisotopic (exact) mass is 268 g/mol. The highest BCUT2D eigenvalue weighted by atomic mass is 16.3. The van der Waals surface area contributed by atoms with Gasteiger partial charge in [0.05, 0.1) is 6.10 Å². The second-order valence-corrected chi connectivity index (χ2v) is 7.04. The molecule has 1 aliphatic heterocycles. The third-order valence-corrected chi connectivity index (χ3v) is 4.64. The fourth-order valence-corrected chi connectivity index (χ4v) is 3.67. The average Bonchev–Trinajstić information content (AvgIpc) is 2.83. The van der Waals surface area contributed by atoms with Gasteiger partial charge in [0.2, 0.25) is 0 Å². The summed E-state index contributed by atoms with van der Waals surface area (Å²) in [5.41, 5.74) is 0. The Hall–Kier alpha value is -0.120. The van der Waals surface area contributed by atoms with E-state index in [-0.39, 0.29) is 6.10 Å². The molecule has 1 aliphatic carbocycles. The van der Waals surface area contributed by atoms with Gasteiger partial charge in [-0.15, -0.1) is 0 Å². The summed E-state index contributed by atoms with van der Waals surface area (Å²) >= 11 is 0. The van der Waals surface area contributed by atoms with Crippen LogP contribution >= 0.6 is 0 Å². The van der Waals surface area contributed by atoms with Crippen LogP contribution in [-0.4, -0.2) is 60.3 Å². The first-order valence-electron chi connectivity index (χ1n) is 8.26. The van der Waals surface area contributed by atoms with Crippen molar-refractivity contribution in [1.29, 1.82) is 0 Å². The summed E-state index contributed by atoms with van der Waals surface area (Å²) in [6.45, 7) is 11.3. The van der Waals surface area contributed by atoms with E-state index in [1.54, 1.807) is 0 Å². The van der Waals surface area contributed by atoms with Crippen LogP contribution in [0.15, 0.2) is 0 Å². The topological polar surface area (TPSA) is 26.7 Å². The number of piperazine rings is 1. The molecule has 0 spiro atoms. The minimum absolute atomic E-state index is 0.0975. The molecule has 19 heavy (non-hydrogen) atoms. The molecule has 3 heteroatoms. The molecule has 2 aliphatic rings. The third kappa shape index (κ3) is 5.41. The first-order valence-corrected chi connectivity index (χ1v) is 8.26. The van der Waals surface area contributed by atoms with Crippen LogP contribution in [0.2, 0.25) is 0 Å².